The van der Waals surface area contributed by atoms with Crippen LogP contribution in [-0.2, 0) is 25.7 Å². The molecule has 1 aliphatic heterocycles. The zero-order chi connectivity index (χ0) is 32.5. The predicted octanol–water partition coefficient (Wildman–Crippen LogP) is 3.98. The molecular weight excluding hydrogens is 577 g/mol. The maximum atomic E-state index is 15.6. The van der Waals surface area contributed by atoms with Crippen molar-refractivity contribution in [3.05, 3.63) is 41.8 Å². The number of likely N-dealkylation sites (N-methyl/N-ethyl adjacent to an activating group) is 1. The summed E-state index contributed by atoms with van der Waals surface area (Å²) in [5.74, 6) is -3.32. The third-order valence-electron chi connectivity index (χ3n) is 9.20. The number of benzene rings is 1. The summed E-state index contributed by atoms with van der Waals surface area (Å²) in [4.78, 5) is 57.1. The van der Waals surface area contributed by atoms with Gasteiger partial charge in [0.25, 0.3) is 0 Å². The number of carbonyl (C=O) groups is 4. The number of hydrogen-bond acceptors (Lipinski definition) is 6. The van der Waals surface area contributed by atoms with E-state index in [1.54, 1.807) is 41.8 Å². The van der Waals surface area contributed by atoms with Crippen molar-refractivity contribution in [2.75, 3.05) is 43.9 Å². The van der Waals surface area contributed by atoms with Gasteiger partial charge < -0.3 is 25.8 Å². The van der Waals surface area contributed by atoms with E-state index in [0.29, 0.717) is 31.0 Å². The number of amides is 4. The lowest BCUT2D eigenvalue weighted by molar-refractivity contribution is -0.138. The fourth-order valence-electron chi connectivity index (χ4n) is 6.30. The van der Waals surface area contributed by atoms with Gasteiger partial charge in [0.1, 0.15) is 23.6 Å². The van der Waals surface area contributed by atoms with Crippen LogP contribution in [-0.4, -0.2) is 82.5 Å². The SMILES string of the molecule is CCC(=O)N[C@@H](C(=O)N1CCN(C)CC1)[C@@H](C)c1ccc(NC(=O)[C@@H](C(=O)Nc2ccnn2CC)C2CCCCCC2)c(F)c1. The van der Waals surface area contributed by atoms with Crippen LogP contribution < -0.4 is 16.0 Å². The van der Waals surface area contributed by atoms with Crippen LogP contribution in [0.3, 0.4) is 0 Å². The van der Waals surface area contributed by atoms with Gasteiger partial charge in [0.05, 0.1) is 11.9 Å². The van der Waals surface area contributed by atoms with Crippen molar-refractivity contribution in [2.45, 2.75) is 84.2 Å². The Morgan fingerprint density at radius 3 is 2.24 bits per heavy atom. The molecule has 2 aromatic rings. The Morgan fingerprint density at radius 2 is 1.62 bits per heavy atom. The number of anilines is 2. The number of halogens is 1. The second kappa shape index (κ2) is 16.0. The highest BCUT2D eigenvalue weighted by atomic mass is 19.1. The van der Waals surface area contributed by atoms with Crippen molar-refractivity contribution in [1.82, 2.24) is 24.9 Å². The van der Waals surface area contributed by atoms with E-state index in [-0.39, 0.29) is 29.8 Å². The van der Waals surface area contributed by atoms with Crippen molar-refractivity contribution >= 4 is 35.1 Å². The fourth-order valence-corrected chi connectivity index (χ4v) is 6.30. The monoisotopic (exact) mass is 625 g/mol. The van der Waals surface area contributed by atoms with Gasteiger partial charge in [-0.05, 0) is 50.4 Å². The molecule has 2 aliphatic rings. The van der Waals surface area contributed by atoms with Gasteiger partial charge in [-0.15, -0.1) is 0 Å². The largest absolute Gasteiger partial charge is 0.344 e. The lowest BCUT2D eigenvalue weighted by Crippen LogP contribution is -2.55. The van der Waals surface area contributed by atoms with Crippen molar-refractivity contribution in [1.29, 1.82) is 0 Å². The molecule has 4 rings (SSSR count). The van der Waals surface area contributed by atoms with Crippen LogP contribution in [0.25, 0.3) is 0 Å². The van der Waals surface area contributed by atoms with Crippen LogP contribution in [0.4, 0.5) is 15.9 Å². The summed E-state index contributed by atoms with van der Waals surface area (Å²) in [5, 5.41) is 12.6. The summed E-state index contributed by atoms with van der Waals surface area (Å²) in [5.41, 5.74) is 0.473. The Labute approximate surface area is 265 Å². The second-order valence-electron chi connectivity index (χ2n) is 12.3. The van der Waals surface area contributed by atoms with Crippen LogP contribution in [0.5, 0.6) is 0 Å². The number of carbonyl (C=O) groups excluding carboxylic acids is 4. The number of rotatable bonds is 11. The van der Waals surface area contributed by atoms with Gasteiger partial charge >= 0.3 is 0 Å². The number of aryl methyl sites for hydroxylation is 1. The first-order valence-electron chi connectivity index (χ1n) is 16.3. The molecule has 12 heteroatoms. The number of aromatic nitrogens is 2. The molecule has 1 aromatic carbocycles. The Kier molecular flexibility index (Phi) is 12.1. The zero-order valence-electron chi connectivity index (χ0n) is 27.0. The lowest BCUT2D eigenvalue weighted by atomic mass is 9.84. The first kappa shape index (κ1) is 34.1. The molecule has 0 unspecified atom stereocenters. The Hall–Kier alpha value is -3.80. The van der Waals surface area contributed by atoms with E-state index in [1.165, 1.54) is 12.1 Å². The highest BCUT2D eigenvalue weighted by Crippen LogP contribution is 2.32. The van der Waals surface area contributed by atoms with Gasteiger partial charge in [-0.3, -0.25) is 19.2 Å². The molecule has 1 saturated carbocycles. The standard InChI is InChI=1S/C33H48FN7O4/c1-5-28(42)38-30(33(45)40-19-17-39(4)18-20-40)22(3)24-13-14-26(25(34)21-24)36-31(43)29(23-11-9-7-8-10-12-23)32(44)37-27-15-16-35-41(27)6-2/h13-16,21-23,29-30H,5-12,17-20H2,1-4H3,(H,36,43)(H,37,44)(H,38,42)/t22-,29-,30+/m0/s1. The summed E-state index contributed by atoms with van der Waals surface area (Å²) in [7, 11) is 2.00. The fraction of sp³-hybridized carbons (Fsp3) is 0.606. The van der Waals surface area contributed by atoms with E-state index in [1.807, 2.05) is 14.0 Å². The van der Waals surface area contributed by atoms with E-state index in [0.717, 1.165) is 51.6 Å². The smallest absolute Gasteiger partial charge is 0.245 e. The quantitative estimate of drug-likeness (QED) is 0.256. The van der Waals surface area contributed by atoms with Crippen LogP contribution in [0, 0.1) is 17.7 Å². The molecule has 0 bridgehead atoms. The molecule has 1 aliphatic carbocycles. The van der Waals surface area contributed by atoms with E-state index in [9.17, 15) is 19.2 Å². The molecule has 45 heavy (non-hydrogen) atoms. The number of piperazine rings is 1. The average Bonchev–Trinajstić information content (AvgIpc) is 3.31. The lowest BCUT2D eigenvalue weighted by Gasteiger charge is -2.36. The van der Waals surface area contributed by atoms with E-state index >= 15 is 4.39 Å². The molecule has 246 valence electrons. The summed E-state index contributed by atoms with van der Waals surface area (Å²) in [6.07, 6.45) is 7.26. The molecule has 2 fully saturated rings. The van der Waals surface area contributed by atoms with E-state index in [2.05, 4.69) is 25.9 Å². The third kappa shape index (κ3) is 8.68. The Balaban J connectivity index is 1.53. The molecule has 3 atom stereocenters. The third-order valence-corrected chi connectivity index (χ3v) is 9.20. The first-order valence-corrected chi connectivity index (χ1v) is 16.3. The number of nitrogens with zero attached hydrogens (tertiary/aromatic N) is 4. The van der Waals surface area contributed by atoms with E-state index in [4.69, 9.17) is 0 Å². The topological polar surface area (TPSA) is 129 Å². The average molecular weight is 626 g/mol. The van der Waals surface area contributed by atoms with Crippen LogP contribution in [0.2, 0.25) is 0 Å². The molecule has 4 amide bonds. The first-order chi connectivity index (χ1) is 21.6. The molecule has 11 nitrogen and oxygen atoms in total. The molecular formula is C33H48FN7O4. The summed E-state index contributed by atoms with van der Waals surface area (Å²) >= 11 is 0. The molecule has 0 spiro atoms. The maximum Gasteiger partial charge on any atom is 0.245 e. The van der Waals surface area contributed by atoms with Crippen molar-refractivity contribution in [2.24, 2.45) is 11.8 Å². The summed E-state index contributed by atoms with van der Waals surface area (Å²) in [6.45, 7) is 8.55. The minimum atomic E-state index is -1.00. The van der Waals surface area contributed by atoms with Crippen LogP contribution in [0.15, 0.2) is 30.5 Å². The molecule has 2 heterocycles. The molecule has 3 N–H and O–H groups in total. The maximum absolute atomic E-state index is 15.6. The highest BCUT2D eigenvalue weighted by Gasteiger charge is 2.37. The minimum absolute atomic E-state index is 0.0412. The second-order valence-corrected chi connectivity index (χ2v) is 12.3. The predicted molar refractivity (Wildman–Crippen MR) is 171 cm³/mol. The van der Waals surface area contributed by atoms with Gasteiger partial charge in [-0.25, -0.2) is 9.07 Å². The van der Waals surface area contributed by atoms with Crippen molar-refractivity contribution in [3.63, 3.8) is 0 Å². The summed E-state index contributed by atoms with van der Waals surface area (Å²) in [6, 6.07) is 5.25. The molecule has 0 radical (unpaired) electrons. The van der Waals surface area contributed by atoms with Crippen LogP contribution in [0.1, 0.15) is 77.2 Å². The molecule has 1 aromatic heterocycles. The Bertz CT molecular complexity index is 1330. The van der Waals surface area contributed by atoms with Gasteiger partial charge in [0.2, 0.25) is 23.6 Å². The van der Waals surface area contributed by atoms with Gasteiger partial charge in [-0.2, -0.15) is 5.10 Å². The number of nitrogens with one attached hydrogen (secondary N) is 3. The number of hydrogen-bond donors (Lipinski definition) is 3. The van der Waals surface area contributed by atoms with Crippen molar-refractivity contribution < 1.29 is 23.6 Å². The van der Waals surface area contributed by atoms with Gasteiger partial charge in [-0.1, -0.05) is 45.6 Å². The van der Waals surface area contributed by atoms with E-state index < -0.39 is 35.5 Å². The minimum Gasteiger partial charge on any atom is -0.344 e. The zero-order valence-corrected chi connectivity index (χ0v) is 27.0. The van der Waals surface area contributed by atoms with Gasteiger partial charge in [0.15, 0.2) is 0 Å². The van der Waals surface area contributed by atoms with Gasteiger partial charge in [0, 0.05) is 51.1 Å². The summed E-state index contributed by atoms with van der Waals surface area (Å²) < 4.78 is 17.3. The highest BCUT2D eigenvalue weighted by molar-refractivity contribution is 6.10. The van der Waals surface area contributed by atoms with Crippen LogP contribution >= 0.6 is 0 Å². The molecule has 1 saturated heterocycles. The Morgan fingerprint density at radius 1 is 0.956 bits per heavy atom. The normalized spacial score (nSPS) is 18.4. The van der Waals surface area contributed by atoms with Crippen molar-refractivity contribution in [3.8, 4) is 0 Å².